The maximum absolute atomic E-state index is 11.1. The van der Waals surface area contributed by atoms with Crippen molar-refractivity contribution in [2.45, 2.75) is 13.3 Å². The van der Waals surface area contributed by atoms with E-state index in [1.807, 2.05) is 6.92 Å². The van der Waals surface area contributed by atoms with Crippen LogP contribution in [-0.2, 0) is 6.42 Å². The summed E-state index contributed by atoms with van der Waals surface area (Å²) in [4.78, 5) is 19.4. The van der Waals surface area contributed by atoms with E-state index in [0.29, 0.717) is 23.6 Å². The van der Waals surface area contributed by atoms with Crippen molar-refractivity contribution >= 4 is 27.4 Å². The molecule has 0 aliphatic heterocycles. The van der Waals surface area contributed by atoms with Crippen molar-refractivity contribution in [2.75, 3.05) is 12.4 Å². The lowest BCUT2D eigenvalue weighted by molar-refractivity contribution is -0.384. The van der Waals surface area contributed by atoms with Gasteiger partial charge in [0.2, 0.25) is 0 Å². The van der Waals surface area contributed by atoms with Crippen LogP contribution in [0.1, 0.15) is 12.6 Å². The lowest BCUT2D eigenvalue weighted by Gasteiger charge is -2.10. The number of nitro benzene ring substituents is 1. The molecule has 0 atom stereocenters. The lowest BCUT2D eigenvalue weighted by atomic mass is 10.1. The predicted molar refractivity (Wildman–Crippen MR) is 80.7 cm³/mol. The number of aromatic nitrogens is 2. The Balaban J connectivity index is 2.67. The average Bonchev–Trinajstić information content (AvgIpc) is 2.47. The van der Waals surface area contributed by atoms with Gasteiger partial charge in [-0.1, -0.05) is 19.1 Å². The van der Waals surface area contributed by atoms with Crippen LogP contribution in [0.4, 0.5) is 11.5 Å². The summed E-state index contributed by atoms with van der Waals surface area (Å²) in [5.74, 6) is 0.965. The first kappa shape index (κ1) is 14.4. The number of anilines is 1. The highest BCUT2D eigenvalue weighted by molar-refractivity contribution is 9.10. The highest BCUT2D eigenvalue weighted by Gasteiger charge is 2.19. The molecule has 2 rings (SSSR count). The van der Waals surface area contributed by atoms with Crippen molar-refractivity contribution in [3.63, 3.8) is 0 Å². The average molecular weight is 337 g/mol. The Kier molecular flexibility index (Phi) is 4.29. The van der Waals surface area contributed by atoms with Gasteiger partial charge >= 0.3 is 0 Å². The molecule has 20 heavy (non-hydrogen) atoms. The summed E-state index contributed by atoms with van der Waals surface area (Å²) in [6, 6.07) is 6.46. The summed E-state index contributed by atoms with van der Waals surface area (Å²) in [7, 11) is 1.75. The zero-order chi connectivity index (χ0) is 14.7. The summed E-state index contributed by atoms with van der Waals surface area (Å²) in [6.45, 7) is 1.97. The molecule has 0 aliphatic rings. The predicted octanol–water partition coefficient (Wildman–Crippen LogP) is 3.42. The van der Waals surface area contributed by atoms with Crippen molar-refractivity contribution in [3.05, 3.63) is 44.5 Å². The van der Waals surface area contributed by atoms with Crippen molar-refractivity contribution < 1.29 is 4.92 Å². The summed E-state index contributed by atoms with van der Waals surface area (Å²) in [6.07, 6.45) is 0.700. The molecular formula is C13H13BrN4O2. The second-order valence-electron chi connectivity index (χ2n) is 4.03. The van der Waals surface area contributed by atoms with Gasteiger partial charge in [-0.05, 0) is 28.4 Å². The van der Waals surface area contributed by atoms with Crippen molar-refractivity contribution in [2.24, 2.45) is 0 Å². The number of hydrogen-bond acceptors (Lipinski definition) is 5. The molecule has 0 amide bonds. The standard InChI is InChI=1S/C13H13BrN4O2/c1-3-9-11(14)13(15-2)17-12(16-9)8-6-4-5-7-10(8)18(19)20/h4-7H,3H2,1-2H3,(H,15,16,17). The molecule has 0 saturated heterocycles. The molecule has 0 aliphatic carbocycles. The fourth-order valence-electron chi connectivity index (χ4n) is 1.84. The molecule has 1 aromatic heterocycles. The summed E-state index contributed by atoms with van der Waals surface area (Å²) in [5.41, 5.74) is 1.22. The Labute approximate surface area is 124 Å². The van der Waals surface area contributed by atoms with Gasteiger partial charge in [0, 0.05) is 13.1 Å². The van der Waals surface area contributed by atoms with Gasteiger partial charge < -0.3 is 5.32 Å². The normalized spacial score (nSPS) is 10.3. The van der Waals surface area contributed by atoms with Crippen LogP contribution in [0.15, 0.2) is 28.7 Å². The van der Waals surface area contributed by atoms with Crippen LogP contribution < -0.4 is 5.32 Å². The quantitative estimate of drug-likeness (QED) is 0.683. The van der Waals surface area contributed by atoms with Crippen LogP contribution in [0.5, 0.6) is 0 Å². The summed E-state index contributed by atoms with van der Waals surface area (Å²) < 4.78 is 0.782. The first-order valence-corrected chi connectivity index (χ1v) is 6.85. The molecule has 0 spiro atoms. The number of benzene rings is 1. The number of para-hydroxylation sites is 1. The molecule has 0 saturated carbocycles. The minimum Gasteiger partial charge on any atom is -0.372 e. The third kappa shape index (κ3) is 2.62. The third-order valence-corrected chi connectivity index (χ3v) is 3.67. The maximum atomic E-state index is 11.1. The van der Waals surface area contributed by atoms with E-state index in [9.17, 15) is 10.1 Å². The van der Waals surface area contributed by atoms with Gasteiger partial charge in [-0.3, -0.25) is 10.1 Å². The van der Waals surface area contributed by atoms with E-state index in [4.69, 9.17) is 0 Å². The lowest BCUT2D eigenvalue weighted by Crippen LogP contribution is -2.04. The first-order chi connectivity index (χ1) is 9.58. The number of nitro groups is 1. The molecule has 1 aromatic carbocycles. The second-order valence-corrected chi connectivity index (χ2v) is 4.83. The monoisotopic (exact) mass is 336 g/mol. The summed E-state index contributed by atoms with van der Waals surface area (Å²) >= 11 is 3.43. The zero-order valence-corrected chi connectivity index (χ0v) is 12.6. The van der Waals surface area contributed by atoms with Crippen LogP contribution in [-0.4, -0.2) is 21.9 Å². The summed E-state index contributed by atoms with van der Waals surface area (Å²) in [5, 5.41) is 14.1. The fraction of sp³-hybridized carbons (Fsp3) is 0.231. The van der Waals surface area contributed by atoms with Crippen molar-refractivity contribution in [1.82, 2.24) is 9.97 Å². The Bertz CT molecular complexity index is 636. The van der Waals surface area contributed by atoms with Crippen LogP contribution in [0.25, 0.3) is 11.4 Å². The van der Waals surface area contributed by atoms with E-state index in [1.54, 1.807) is 25.2 Å². The Morgan fingerprint density at radius 1 is 1.35 bits per heavy atom. The van der Waals surface area contributed by atoms with Gasteiger partial charge in [-0.25, -0.2) is 9.97 Å². The molecule has 1 N–H and O–H groups in total. The third-order valence-electron chi connectivity index (χ3n) is 2.83. The number of rotatable bonds is 4. The fourth-order valence-corrected chi connectivity index (χ4v) is 2.49. The molecule has 0 radical (unpaired) electrons. The van der Waals surface area contributed by atoms with Crippen LogP contribution in [0.3, 0.4) is 0 Å². The molecule has 2 aromatic rings. The number of nitrogens with one attached hydrogen (secondary N) is 1. The molecule has 1 heterocycles. The smallest absolute Gasteiger partial charge is 0.280 e. The van der Waals surface area contributed by atoms with Gasteiger partial charge in [-0.15, -0.1) is 0 Å². The van der Waals surface area contributed by atoms with E-state index in [2.05, 4.69) is 31.2 Å². The van der Waals surface area contributed by atoms with Gasteiger partial charge in [0.25, 0.3) is 5.69 Å². The highest BCUT2D eigenvalue weighted by atomic mass is 79.9. The van der Waals surface area contributed by atoms with Gasteiger partial charge in [-0.2, -0.15) is 0 Å². The van der Waals surface area contributed by atoms with Gasteiger partial charge in [0.1, 0.15) is 5.82 Å². The minimum atomic E-state index is -0.425. The maximum Gasteiger partial charge on any atom is 0.280 e. The van der Waals surface area contributed by atoms with E-state index in [1.165, 1.54) is 6.07 Å². The van der Waals surface area contributed by atoms with E-state index < -0.39 is 4.92 Å². The number of hydrogen-bond donors (Lipinski definition) is 1. The van der Waals surface area contributed by atoms with Gasteiger partial charge in [0.15, 0.2) is 5.82 Å². The highest BCUT2D eigenvalue weighted by Crippen LogP contribution is 2.31. The van der Waals surface area contributed by atoms with Crippen molar-refractivity contribution in [1.29, 1.82) is 0 Å². The molecule has 0 unspecified atom stereocenters. The van der Waals surface area contributed by atoms with Gasteiger partial charge in [0.05, 0.1) is 20.7 Å². The SMILES string of the molecule is CCc1nc(-c2ccccc2[N+](=O)[O-])nc(NC)c1Br. The largest absolute Gasteiger partial charge is 0.372 e. The number of aryl methyl sites for hydroxylation is 1. The Hall–Kier alpha value is -2.02. The topological polar surface area (TPSA) is 81.0 Å². The Morgan fingerprint density at radius 2 is 2.05 bits per heavy atom. The molecule has 0 fully saturated rings. The molecular weight excluding hydrogens is 324 g/mol. The van der Waals surface area contributed by atoms with Crippen molar-refractivity contribution in [3.8, 4) is 11.4 Å². The van der Waals surface area contributed by atoms with E-state index in [-0.39, 0.29) is 5.69 Å². The Morgan fingerprint density at radius 3 is 2.65 bits per heavy atom. The number of nitrogens with zero attached hydrogens (tertiary/aromatic N) is 3. The first-order valence-electron chi connectivity index (χ1n) is 6.06. The molecule has 6 nitrogen and oxygen atoms in total. The molecule has 104 valence electrons. The minimum absolute atomic E-state index is 0.000992. The van der Waals surface area contributed by atoms with Crippen LogP contribution in [0.2, 0.25) is 0 Å². The van der Waals surface area contributed by atoms with E-state index >= 15 is 0 Å². The molecule has 0 bridgehead atoms. The van der Waals surface area contributed by atoms with Crippen LogP contribution in [0, 0.1) is 10.1 Å². The van der Waals surface area contributed by atoms with Crippen LogP contribution >= 0.6 is 15.9 Å². The number of halogens is 1. The second kappa shape index (κ2) is 5.96. The molecule has 7 heteroatoms. The van der Waals surface area contributed by atoms with E-state index in [0.717, 1.165) is 10.2 Å². The zero-order valence-electron chi connectivity index (χ0n) is 11.1.